The van der Waals surface area contributed by atoms with Crippen molar-refractivity contribution >= 4 is 29.0 Å². The summed E-state index contributed by atoms with van der Waals surface area (Å²) in [4.78, 5) is 34.4. The van der Waals surface area contributed by atoms with Crippen LogP contribution in [0.3, 0.4) is 0 Å². The van der Waals surface area contributed by atoms with Crippen LogP contribution in [-0.4, -0.2) is 34.2 Å². The number of aromatic nitrogens is 1. The number of carbonyl (C=O) groups excluding carboxylic acids is 2. The van der Waals surface area contributed by atoms with Crippen molar-refractivity contribution < 1.29 is 14.0 Å². The molecule has 156 valence electrons. The second-order valence-corrected chi connectivity index (χ2v) is 8.85. The number of furan rings is 1. The van der Waals surface area contributed by atoms with Crippen LogP contribution in [0.5, 0.6) is 0 Å². The smallest absolute Gasteiger partial charge is 0.250 e. The molecule has 0 saturated carbocycles. The average Bonchev–Trinajstić information content (AvgIpc) is 3.55. The highest BCUT2D eigenvalue weighted by Gasteiger charge is 2.70. The molecule has 6 rings (SSSR count). The Morgan fingerprint density at radius 2 is 2.13 bits per heavy atom. The number of hydrogen-bond donors (Lipinski definition) is 1. The third-order valence-corrected chi connectivity index (χ3v) is 7.27. The number of pyridine rings is 1. The van der Waals surface area contributed by atoms with Gasteiger partial charge in [-0.2, -0.15) is 0 Å². The highest BCUT2D eigenvalue weighted by Crippen LogP contribution is 2.61. The molecule has 31 heavy (non-hydrogen) atoms. The highest BCUT2D eigenvalue weighted by molar-refractivity contribution is 6.31. The summed E-state index contributed by atoms with van der Waals surface area (Å²) in [5.41, 5.74) is 0.681. The van der Waals surface area contributed by atoms with E-state index in [1.165, 1.54) is 0 Å². The largest absolute Gasteiger partial charge is 0.469 e. The van der Waals surface area contributed by atoms with Gasteiger partial charge < -0.3 is 9.73 Å². The number of benzene rings is 1. The van der Waals surface area contributed by atoms with Gasteiger partial charge in [-0.3, -0.25) is 19.5 Å². The van der Waals surface area contributed by atoms with E-state index in [1.807, 2.05) is 24.3 Å². The SMILES string of the molecule is O=C(c1ccccn1)C1C(c2ccco2)C2CCCN2C12C(=O)Nc1ccc(Cl)cc12. The first-order chi connectivity index (χ1) is 15.1. The van der Waals surface area contributed by atoms with Gasteiger partial charge in [0.05, 0.1) is 12.2 Å². The predicted octanol–water partition coefficient (Wildman–Crippen LogP) is 4.24. The zero-order chi connectivity index (χ0) is 21.2. The number of halogens is 1. The van der Waals surface area contributed by atoms with Gasteiger partial charge in [0.2, 0.25) is 5.91 Å². The number of Topliss-reactive ketones (excluding diaryl/α,β-unsaturated/α-hetero) is 1. The van der Waals surface area contributed by atoms with Gasteiger partial charge in [-0.05, 0) is 61.9 Å². The van der Waals surface area contributed by atoms with Crippen LogP contribution in [0.1, 0.15) is 40.6 Å². The van der Waals surface area contributed by atoms with Crippen LogP contribution in [0, 0.1) is 5.92 Å². The molecule has 0 aliphatic carbocycles. The molecule has 1 aromatic carbocycles. The van der Waals surface area contributed by atoms with E-state index in [0.29, 0.717) is 16.4 Å². The lowest BCUT2D eigenvalue weighted by Gasteiger charge is -2.36. The topological polar surface area (TPSA) is 75.4 Å². The lowest BCUT2D eigenvalue weighted by atomic mass is 9.70. The van der Waals surface area contributed by atoms with Gasteiger partial charge in [0.25, 0.3) is 0 Å². The standard InChI is InChI=1S/C24H20ClN3O3/c25-14-8-9-16-15(13-14)24(23(30)27-16)21(22(29)17-5-1-2-10-26-17)20(19-7-4-12-31-19)18-6-3-11-28(18)24/h1-2,4-5,7-10,12-13,18,20-21H,3,6,11H2,(H,27,30). The number of anilines is 1. The normalized spacial score (nSPS) is 29.2. The molecular weight excluding hydrogens is 414 g/mol. The summed E-state index contributed by atoms with van der Waals surface area (Å²) in [6, 6.07) is 14.4. The van der Waals surface area contributed by atoms with Crippen LogP contribution in [0.2, 0.25) is 5.02 Å². The van der Waals surface area contributed by atoms with E-state index in [1.54, 1.807) is 36.7 Å². The molecule has 0 bridgehead atoms. The molecule has 7 heteroatoms. The molecule has 0 radical (unpaired) electrons. The van der Waals surface area contributed by atoms with Crippen LogP contribution in [0.15, 0.2) is 65.4 Å². The molecule has 1 N–H and O–H groups in total. The van der Waals surface area contributed by atoms with Crippen molar-refractivity contribution in [3.63, 3.8) is 0 Å². The van der Waals surface area contributed by atoms with Crippen molar-refractivity contribution in [2.24, 2.45) is 5.92 Å². The molecule has 3 aromatic rings. The molecule has 3 aliphatic heterocycles. The van der Waals surface area contributed by atoms with Crippen molar-refractivity contribution in [3.05, 3.63) is 83.0 Å². The summed E-state index contributed by atoms with van der Waals surface area (Å²) < 4.78 is 5.83. The molecule has 5 heterocycles. The number of carbonyl (C=O) groups is 2. The summed E-state index contributed by atoms with van der Waals surface area (Å²) in [6.45, 7) is 0.729. The van der Waals surface area contributed by atoms with Crippen molar-refractivity contribution in [2.45, 2.75) is 30.3 Å². The number of ketones is 1. The number of rotatable bonds is 3. The average molecular weight is 434 g/mol. The summed E-state index contributed by atoms with van der Waals surface area (Å²) in [5.74, 6) is -0.549. The number of hydrogen-bond acceptors (Lipinski definition) is 5. The van der Waals surface area contributed by atoms with Gasteiger partial charge >= 0.3 is 0 Å². The van der Waals surface area contributed by atoms with Crippen molar-refractivity contribution in [2.75, 3.05) is 11.9 Å². The summed E-state index contributed by atoms with van der Waals surface area (Å²) >= 11 is 6.38. The van der Waals surface area contributed by atoms with E-state index in [2.05, 4.69) is 15.2 Å². The first kappa shape index (κ1) is 18.8. The Bertz CT molecular complexity index is 1180. The van der Waals surface area contributed by atoms with Gasteiger partial charge in [-0.1, -0.05) is 17.7 Å². The number of fused-ring (bicyclic) bond motifs is 4. The van der Waals surface area contributed by atoms with Crippen LogP contribution < -0.4 is 5.32 Å². The van der Waals surface area contributed by atoms with Gasteiger partial charge in [0.15, 0.2) is 5.78 Å². The Kier molecular flexibility index (Phi) is 4.10. The van der Waals surface area contributed by atoms with Crippen molar-refractivity contribution in [1.82, 2.24) is 9.88 Å². The van der Waals surface area contributed by atoms with Crippen LogP contribution >= 0.6 is 11.6 Å². The van der Waals surface area contributed by atoms with Crippen molar-refractivity contribution in [1.29, 1.82) is 0 Å². The first-order valence-corrected chi connectivity index (χ1v) is 10.9. The molecule has 4 atom stereocenters. The van der Waals surface area contributed by atoms with E-state index in [4.69, 9.17) is 16.0 Å². The zero-order valence-electron chi connectivity index (χ0n) is 16.6. The molecule has 6 nitrogen and oxygen atoms in total. The van der Waals surface area contributed by atoms with Gasteiger partial charge in [0.1, 0.15) is 17.0 Å². The van der Waals surface area contributed by atoms with Gasteiger partial charge in [0, 0.05) is 34.4 Å². The molecule has 1 amide bonds. The fourth-order valence-electron chi connectivity index (χ4n) is 5.99. The van der Waals surface area contributed by atoms with Crippen LogP contribution in [-0.2, 0) is 10.3 Å². The third kappa shape index (κ3) is 2.46. The van der Waals surface area contributed by atoms with Gasteiger partial charge in [-0.25, -0.2) is 0 Å². The minimum atomic E-state index is -1.15. The molecule has 2 aromatic heterocycles. The second-order valence-electron chi connectivity index (χ2n) is 8.41. The molecular formula is C24H20ClN3O3. The predicted molar refractivity (Wildman–Crippen MR) is 115 cm³/mol. The Balaban J connectivity index is 1.63. The summed E-state index contributed by atoms with van der Waals surface area (Å²) in [5, 5.41) is 3.57. The maximum Gasteiger partial charge on any atom is 0.250 e. The zero-order valence-corrected chi connectivity index (χ0v) is 17.4. The lowest BCUT2D eigenvalue weighted by Crippen LogP contribution is -2.53. The molecule has 2 saturated heterocycles. The van der Waals surface area contributed by atoms with E-state index < -0.39 is 11.5 Å². The number of nitrogens with zero attached hydrogens (tertiary/aromatic N) is 2. The maximum absolute atomic E-state index is 14.0. The Hall–Kier alpha value is -2.96. The highest BCUT2D eigenvalue weighted by atomic mass is 35.5. The van der Waals surface area contributed by atoms with E-state index in [9.17, 15) is 9.59 Å². The first-order valence-electron chi connectivity index (χ1n) is 10.5. The van der Waals surface area contributed by atoms with Crippen LogP contribution in [0.4, 0.5) is 5.69 Å². The minimum absolute atomic E-state index is 0.0134. The van der Waals surface area contributed by atoms with E-state index in [-0.39, 0.29) is 23.7 Å². The quantitative estimate of drug-likeness (QED) is 0.625. The summed E-state index contributed by atoms with van der Waals surface area (Å²) in [6.07, 6.45) is 5.08. The second kappa shape index (κ2) is 6.77. The molecule has 1 spiro atoms. The number of nitrogens with one attached hydrogen (secondary N) is 1. The molecule has 2 fully saturated rings. The maximum atomic E-state index is 14.0. The molecule has 3 aliphatic rings. The Morgan fingerprint density at radius 3 is 2.90 bits per heavy atom. The Morgan fingerprint density at radius 1 is 1.23 bits per heavy atom. The third-order valence-electron chi connectivity index (χ3n) is 7.03. The van der Waals surface area contributed by atoms with E-state index in [0.717, 1.165) is 30.7 Å². The lowest BCUT2D eigenvalue weighted by molar-refractivity contribution is -0.127. The fraction of sp³-hybridized carbons (Fsp3) is 0.292. The molecule has 4 unspecified atom stereocenters. The van der Waals surface area contributed by atoms with E-state index >= 15 is 0 Å². The monoisotopic (exact) mass is 433 g/mol. The number of amides is 1. The van der Waals surface area contributed by atoms with Crippen molar-refractivity contribution in [3.8, 4) is 0 Å². The minimum Gasteiger partial charge on any atom is -0.469 e. The fourth-order valence-corrected chi connectivity index (χ4v) is 6.17. The Labute approximate surface area is 184 Å². The summed E-state index contributed by atoms with van der Waals surface area (Å²) in [7, 11) is 0. The van der Waals surface area contributed by atoms with Gasteiger partial charge in [-0.15, -0.1) is 0 Å². The van der Waals surface area contributed by atoms with Crippen LogP contribution in [0.25, 0.3) is 0 Å².